The van der Waals surface area contributed by atoms with Gasteiger partial charge in [-0.15, -0.1) is 0 Å². The number of rotatable bonds is 10. The summed E-state index contributed by atoms with van der Waals surface area (Å²) in [6, 6.07) is 7.46. The number of methoxy groups -OCH3 is 4. The zero-order chi connectivity index (χ0) is 26.6. The van der Waals surface area contributed by atoms with E-state index in [1.165, 1.54) is 38.2 Å². The highest BCUT2D eigenvalue weighted by atomic mass is 16.5. The number of quaternary nitrogens is 1. The van der Waals surface area contributed by atoms with Crippen LogP contribution in [-0.4, -0.2) is 72.2 Å². The summed E-state index contributed by atoms with van der Waals surface area (Å²) in [5, 5.41) is 13.8. The molecule has 1 unspecified atom stereocenters. The van der Waals surface area contributed by atoms with Crippen LogP contribution in [0.2, 0.25) is 0 Å². The molecule has 1 atom stereocenters. The van der Waals surface area contributed by atoms with Gasteiger partial charge in [-0.2, -0.15) is 0 Å². The van der Waals surface area contributed by atoms with Crippen LogP contribution in [0.3, 0.4) is 0 Å². The van der Waals surface area contributed by atoms with Crippen molar-refractivity contribution in [1.29, 1.82) is 0 Å². The van der Waals surface area contributed by atoms with Gasteiger partial charge in [0.1, 0.15) is 5.75 Å². The van der Waals surface area contributed by atoms with Gasteiger partial charge in [-0.05, 0) is 47.9 Å². The number of carbonyl (C=O) groups is 2. The van der Waals surface area contributed by atoms with Gasteiger partial charge in [0.2, 0.25) is 11.5 Å². The lowest BCUT2D eigenvalue weighted by molar-refractivity contribution is -0.858. The fraction of sp³-hybridized carbons (Fsp3) is 0.407. The SMILES string of the molecule is COc1ccc(C([O-])=C2C(=O)C(=O)N(CCC[NH+](C)C)C2c2cc(OC)c(OC)c(OC)c2)c(C)c1. The average Bonchev–Trinajstić information content (AvgIpc) is 3.12. The largest absolute Gasteiger partial charge is 0.872 e. The highest BCUT2D eigenvalue weighted by molar-refractivity contribution is 6.46. The standard InChI is InChI=1S/C27H34N2O7/c1-16-13-18(33-4)9-10-19(16)24(30)22-23(29(27(32)25(22)31)12-8-11-28(2)3)17-14-20(34-5)26(36-7)21(15-17)35-6/h9-10,13-15,23,30H,8,11-12H2,1-7H3. The van der Waals surface area contributed by atoms with E-state index >= 15 is 0 Å². The van der Waals surface area contributed by atoms with Crippen LogP contribution >= 0.6 is 0 Å². The van der Waals surface area contributed by atoms with Crippen LogP contribution in [-0.2, 0) is 9.59 Å². The molecule has 1 aliphatic heterocycles. The minimum Gasteiger partial charge on any atom is -0.872 e. The van der Waals surface area contributed by atoms with Gasteiger partial charge < -0.3 is 33.9 Å². The second-order valence-corrected chi connectivity index (χ2v) is 8.92. The smallest absolute Gasteiger partial charge is 0.295 e. The van der Waals surface area contributed by atoms with Crippen LogP contribution in [0, 0.1) is 6.92 Å². The summed E-state index contributed by atoms with van der Waals surface area (Å²) in [7, 11) is 10.0. The average molecular weight is 499 g/mol. The fourth-order valence-corrected chi connectivity index (χ4v) is 4.47. The van der Waals surface area contributed by atoms with E-state index in [2.05, 4.69) is 0 Å². The number of likely N-dealkylation sites (tertiary alicyclic amines) is 1. The summed E-state index contributed by atoms with van der Waals surface area (Å²) < 4.78 is 21.7. The van der Waals surface area contributed by atoms with Gasteiger partial charge in [-0.25, -0.2) is 0 Å². The molecule has 0 saturated carbocycles. The van der Waals surface area contributed by atoms with E-state index in [0.717, 1.165) is 6.54 Å². The summed E-state index contributed by atoms with van der Waals surface area (Å²) in [6.45, 7) is 2.87. The maximum absolute atomic E-state index is 13.8. The molecule has 9 nitrogen and oxygen atoms in total. The number of aryl methyl sites for hydroxylation is 1. The van der Waals surface area contributed by atoms with Gasteiger partial charge in [0.25, 0.3) is 5.91 Å². The van der Waals surface area contributed by atoms with E-state index in [-0.39, 0.29) is 5.57 Å². The molecule has 0 aliphatic carbocycles. The van der Waals surface area contributed by atoms with Crippen molar-refractivity contribution in [2.75, 3.05) is 55.6 Å². The molecular weight excluding hydrogens is 464 g/mol. The molecule has 1 heterocycles. The second kappa shape index (κ2) is 11.3. The normalized spacial score (nSPS) is 17.0. The van der Waals surface area contributed by atoms with E-state index < -0.39 is 23.5 Å². The molecule has 9 heteroatoms. The monoisotopic (exact) mass is 498 g/mol. The van der Waals surface area contributed by atoms with Gasteiger partial charge in [0.15, 0.2) is 11.5 Å². The van der Waals surface area contributed by atoms with Crippen molar-refractivity contribution >= 4 is 17.4 Å². The quantitative estimate of drug-likeness (QED) is 0.294. The van der Waals surface area contributed by atoms with Crippen molar-refractivity contribution in [3.05, 3.63) is 52.6 Å². The van der Waals surface area contributed by atoms with Gasteiger partial charge in [0, 0.05) is 18.5 Å². The first-order valence-electron chi connectivity index (χ1n) is 11.7. The predicted octanol–water partition coefficient (Wildman–Crippen LogP) is 0.788. The molecule has 1 saturated heterocycles. The second-order valence-electron chi connectivity index (χ2n) is 8.92. The third-order valence-corrected chi connectivity index (χ3v) is 6.29. The third kappa shape index (κ3) is 5.11. The Kier molecular flexibility index (Phi) is 8.47. The number of Topliss-reactive ketones (excluding diaryl/α,β-unsaturated/α-hetero) is 1. The lowest BCUT2D eigenvalue weighted by Gasteiger charge is -2.29. The number of ether oxygens (including phenoxy) is 4. The molecule has 36 heavy (non-hydrogen) atoms. The highest BCUT2D eigenvalue weighted by Gasteiger charge is 2.44. The van der Waals surface area contributed by atoms with Crippen molar-refractivity contribution < 1.29 is 38.5 Å². The Morgan fingerprint density at radius 1 is 0.972 bits per heavy atom. The van der Waals surface area contributed by atoms with Crippen molar-refractivity contribution in [2.45, 2.75) is 19.4 Å². The fourth-order valence-electron chi connectivity index (χ4n) is 4.47. The van der Waals surface area contributed by atoms with Gasteiger partial charge in [-0.1, -0.05) is 11.8 Å². The zero-order valence-electron chi connectivity index (χ0n) is 21.9. The molecule has 1 N–H and O–H groups in total. The maximum atomic E-state index is 13.8. The molecule has 0 radical (unpaired) electrons. The van der Waals surface area contributed by atoms with Crippen LogP contribution < -0.4 is 29.0 Å². The Morgan fingerprint density at radius 3 is 2.11 bits per heavy atom. The Morgan fingerprint density at radius 2 is 1.61 bits per heavy atom. The van der Waals surface area contributed by atoms with Crippen molar-refractivity contribution in [3.63, 3.8) is 0 Å². The van der Waals surface area contributed by atoms with Crippen LogP contribution in [0.4, 0.5) is 0 Å². The molecule has 0 spiro atoms. The number of benzene rings is 2. The summed E-state index contributed by atoms with van der Waals surface area (Å²) in [5.41, 5.74) is 1.41. The maximum Gasteiger partial charge on any atom is 0.295 e. The lowest BCUT2D eigenvalue weighted by atomic mass is 9.93. The van der Waals surface area contributed by atoms with Crippen molar-refractivity contribution in [2.24, 2.45) is 0 Å². The molecule has 0 bridgehead atoms. The van der Waals surface area contributed by atoms with E-state index in [4.69, 9.17) is 18.9 Å². The molecule has 1 fully saturated rings. The first kappa shape index (κ1) is 26.9. The molecule has 0 aromatic heterocycles. The molecule has 2 aromatic carbocycles. The van der Waals surface area contributed by atoms with Crippen LogP contribution in [0.15, 0.2) is 35.9 Å². The van der Waals surface area contributed by atoms with Gasteiger partial charge >= 0.3 is 0 Å². The highest BCUT2D eigenvalue weighted by Crippen LogP contribution is 2.45. The Labute approximate surface area is 211 Å². The van der Waals surface area contributed by atoms with Gasteiger partial charge in [0.05, 0.1) is 55.1 Å². The summed E-state index contributed by atoms with van der Waals surface area (Å²) in [4.78, 5) is 29.2. The number of hydrogen-bond acceptors (Lipinski definition) is 7. The van der Waals surface area contributed by atoms with Crippen LogP contribution in [0.25, 0.3) is 5.76 Å². The summed E-state index contributed by atoms with van der Waals surface area (Å²) >= 11 is 0. The van der Waals surface area contributed by atoms with Crippen molar-refractivity contribution in [3.8, 4) is 23.0 Å². The summed E-state index contributed by atoms with van der Waals surface area (Å²) in [6.07, 6.45) is 0.658. The predicted molar refractivity (Wildman–Crippen MR) is 133 cm³/mol. The minimum atomic E-state index is -0.898. The zero-order valence-corrected chi connectivity index (χ0v) is 21.9. The van der Waals surface area contributed by atoms with E-state index in [1.807, 2.05) is 14.1 Å². The molecule has 1 amide bonds. The topological polar surface area (TPSA) is 102 Å². The molecular formula is C27H34N2O7. The number of amides is 1. The Hall–Kier alpha value is -3.72. The van der Waals surface area contributed by atoms with E-state index in [0.29, 0.717) is 52.7 Å². The number of ketones is 1. The van der Waals surface area contributed by atoms with E-state index in [1.54, 1.807) is 37.3 Å². The molecule has 194 valence electrons. The minimum absolute atomic E-state index is 0.0975. The summed E-state index contributed by atoms with van der Waals surface area (Å²) in [5.74, 6) is -0.290. The first-order valence-corrected chi connectivity index (χ1v) is 11.7. The number of hydrogen-bond donors (Lipinski definition) is 1. The Balaban J connectivity index is 2.24. The van der Waals surface area contributed by atoms with Gasteiger partial charge in [-0.3, -0.25) is 9.59 Å². The number of carbonyl (C=O) groups excluding carboxylic acids is 2. The van der Waals surface area contributed by atoms with Crippen LogP contribution in [0.1, 0.15) is 29.2 Å². The van der Waals surface area contributed by atoms with E-state index in [9.17, 15) is 14.7 Å². The van der Waals surface area contributed by atoms with Crippen LogP contribution in [0.5, 0.6) is 23.0 Å². The third-order valence-electron chi connectivity index (χ3n) is 6.29. The molecule has 2 aromatic rings. The molecule has 3 rings (SSSR count). The first-order chi connectivity index (χ1) is 17.2. The van der Waals surface area contributed by atoms with Crippen molar-refractivity contribution in [1.82, 2.24) is 4.90 Å². The number of nitrogens with one attached hydrogen (secondary N) is 1. The Bertz CT molecular complexity index is 1150. The number of nitrogens with zero attached hydrogens (tertiary/aromatic N) is 1. The lowest BCUT2D eigenvalue weighted by Crippen LogP contribution is -3.05. The molecule has 1 aliphatic rings.